The van der Waals surface area contributed by atoms with Crippen molar-refractivity contribution < 1.29 is 4.79 Å². The lowest BCUT2D eigenvalue weighted by Gasteiger charge is -2.33. The maximum Gasteiger partial charge on any atom is 0.229 e. The van der Waals surface area contributed by atoms with Crippen molar-refractivity contribution in [1.82, 2.24) is 20.1 Å². The number of benzene rings is 2. The van der Waals surface area contributed by atoms with E-state index in [0.717, 1.165) is 72.7 Å². The number of hydrogen-bond acceptors (Lipinski definition) is 5. The second kappa shape index (κ2) is 11.4. The summed E-state index contributed by atoms with van der Waals surface area (Å²) in [5.41, 5.74) is 4.08. The number of H-pyrrole nitrogens is 1. The molecule has 2 aromatic heterocycles. The molecule has 1 aliphatic heterocycles. The third-order valence-electron chi connectivity index (χ3n) is 6.93. The summed E-state index contributed by atoms with van der Waals surface area (Å²) in [7, 11) is 4.01. The van der Waals surface area contributed by atoms with E-state index in [1.165, 1.54) is 0 Å². The van der Waals surface area contributed by atoms with Gasteiger partial charge in [-0.1, -0.05) is 42.5 Å². The Balaban J connectivity index is 0.000000182. The lowest BCUT2D eigenvalue weighted by molar-refractivity contribution is -0.119. The molecule has 2 aliphatic rings. The molecule has 2 aromatic carbocycles. The fourth-order valence-electron chi connectivity index (χ4n) is 4.39. The molecular weight excluding hydrogens is 460 g/mol. The Morgan fingerprint density at radius 3 is 2.38 bits per heavy atom. The van der Waals surface area contributed by atoms with Crippen LogP contribution in [0.5, 0.6) is 0 Å². The Hall–Kier alpha value is -3.97. The van der Waals surface area contributed by atoms with Crippen LogP contribution in [-0.2, 0) is 4.79 Å². The maximum absolute atomic E-state index is 11.6. The van der Waals surface area contributed by atoms with E-state index in [9.17, 15) is 4.79 Å². The quantitative estimate of drug-likeness (QED) is 0.426. The van der Waals surface area contributed by atoms with E-state index >= 15 is 0 Å². The summed E-state index contributed by atoms with van der Waals surface area (Å²) in [6.45, 7) is 4.26. The first-order chi connectivity index (χ1) is 18.1. The normalized spacial score (nSPS) is 16.0. The molecule has 1 amide bonds. The zero-order valence-electron chi connectivity index (χ0n) is 21.5. The molecule has 4 aromatic rings. The molecule has 3 heterocycles. The minimum atomic E-state index is 0.256. The zero-order valence-corrected chi connectivity index (χ0v) is 21.5. The summed E-state index contributed by atoms with van der Waals surface area (Å²) in [5.74, 6) is 1.61. The molecule has 0 atom stereocenters. The molecule has 0 radical (unpaired) electrons. The number of aromatic amines is 1. The van der Waals surface area contributed by atoms with Gasteiger partial charge in [-0.05, 0) is 61.9 Å². The number of carbonyl (C=O) groups excluding carboxylic acids is 1. The molecule has 1 saturated heterocycles. The number of amides is 1. The largest absolute Gasteiger partial charge is 0.354 e. The van der Waals surface area contributed by atoms with Crippen molar-refractivity contribution in [3.8, 4) is 0 Å². The number of hydrogen-bond donors (Lipinski definition) is 1. The number of rotatable bonds is 5. The molecule has 0 spiro atoms. The molecule has 7 nitrogen and oxygen atoms in total. The van der Waals surface area contributed by atoms with Gasteiger partial charge in [0.2, 0.25) is 5.91 Å². The van der Waals surface area contributed by atoms with Crippen LogP contribution in [-0.4, -0.2) is 66.3 Å². The first kappa shape index (κ1) is 24.7. The molecule has 37 heavy (non-hydrogen) atoms. The number of nitrogens with zero attached hydrogens (tertiary/aromatic N) is 5. The Morgan fingerprint density at radius 2 is 1.68 bits per heavy atom. The molecule has 6 rings (SSSR count). The number of pyridine rings is 1. The van der Waals surface area contributed by atoms with E-state index in [1.807, 2.05) is 67.9 Å². The van der Waals surface area contributed by atoms with Gasteiger partial charge in [-0.25, -0.2) is 4.98 Å². The highest BCUT2D eigenvalue weighted by Crippen LogP contribution is 2.32. The van der Waals surface area contributed by atoms with E-state index < -0.39 is 0 Å². The van der Waals surface area contributed by atoms with Crippen molar-refractivity contribution >= 4 is 40.5 Å². The Bertz CT molecular complexity index is 1340. The lowest BCUT2D eigenvalue weighted by atomic mass is 10.2. The second-order valence-corrected chi connectivity index (χ2v) is 9.73. The van der Waals surface area contributed by atoms with Crippen LogP contribution in [0.4, 0.5) is 11.5 Å². The first-order valence-corrected chi connectivity index (χ1v) is 12.9. The van der Waals surface area contributed by atoms with Crippen molar-refractivity contribution in [3.63, 3.8) is 0 Å². The smallest absolute Gasteiger partial charge is 0.229 e. The molecular formula is C30H34N6O. The number of anilines is 2. The van der Waals surface area contributed by atoms with Crippen LogP contribution in [0.2, 0.25) is 0 Å². The Labute approximate surface area is 218 Å². The van der Waals surface area contributed by atoms with Crippen molar-refractivity contribution in [3.05, 3.63) is 84.2 Å². The lowest BCUT2D eigenvalue weighted by Crippen LogP contribution is -2.44. The standard InChI is InChI=1S/C19H21N5.C11H13NO/c1-23-10-12-24(13-11-23)19-9-7-15(14-20-19)6-8-18-16-4-2-3-5-17(16)21-22-18;1-12(11(13)9-7-8-9)10-5-3-2-4-6-10/h2-9,14H,10-13H2,1H3,(H,21,22);2-6,9H,7-8H2,1H3/b8-6+;. The maximum atomic E-state index is 11.6. The molecule has 7 heteroatoms. The summed E-state index contributed by atoms with van der Waals surface area (Å²) < 4.78 is 0. The molecule has 1 N–H and O–H groups in total. The first-order valence-electron chi connectivity index (χ1n) is 12.9. The number of fused-ring (bicyclic) bond motifs is 1. The van der Waals surface area contributed by atoms with Crippen molar-refractivity contribution in [1.29, 1.82) is 0 Å². The third-order valence-corrected chi connectivity index (χ3v) is 6.93. The topological polar surface area (TPSA) is 68.4 Å². The van der Waals surface area contributed by atoms with Crippen LogP contribution < -0.4 is 9.80 Å². The highest BCUT2D eigenvalue weighted by molar-refractivity contribution is 5.95. The molecule has 0 unspecified atom stereocenters. The van der Waals surface area contributed by atoms with Crippen LogP contribution >= 0.6 is 0 Å². The van der Waals surface area contributed by atoms with E-state index in [4.69, 9.17) is 0 Å². The van der Waals surface area contributed by atoms with Gasteiger partial charge in [-0.15, -0.1) is 0 Å². The van der Waals surface area contributed by atoms with Crippen LogP contribution in [0.25, 0.3) is 23.1 Å². The second-order valence-electron chi connectivity index (χ2n) is 9.73. The molecule has 1 aliphatic carbocycles. The van der Waals surface area contributed by atoms with Gasteiger partial charge in [-0.2, -0.15) is 5.10 Å². The summed E-state index contributed by atoms with van der Waals surface area (Å²) in [4.78, 5) is 22.7. The van der Waals surface area contributed by atoms with E-state index in [-0.39, 0.29) is 5.91 Å². The minimum absolute atomic E-state index is 0.256. The minimum Gasteiger partial charge on any atom is -0.354 e. The zero-order chi connectivity index (χ0) is 25.6. The predicted molar refractivity (Wildman–Crippen MR) is 152 cm³/mol. The van der Waals surface area contributed by atoms with Crippen LogP contribution in [0.15, 0.2) is 72.9 Å². The Morgan fingerprint density at radius 1 is 0.946 bits per heavy atom. The van der Waals surface area contributed by atoms with E-state index in [1.54, 1.807) is 4.90 Å². The van der Waals surface area contributed by atoms with Gasteiger partial charge in [0.05, 0.1) is 11.2 Å². The highest BCUT2D eigenvalue weighted by Gasteiger charge is 2.32. The van der Waals surface area contributed by atoms with Crippen molar-refractivity contribution in [2.24, 2.45) is 5.92 Å². The molecule has 0 bridgehead atoms. The predicted octanol–water partition coefficient (Wildman–Crippen LogP) is 4.94. The van der Waals surface area contributed by atoms with Crippen molar-refractivity contribution in [2.75, 3.05) is 50.1 Å². The highest BCUT2D eigenvalue weighted by atomic mass is 16.2. The van der Waals surface area contributed by atoms with Crippen LogP contribution in [0.3, 0.4) is 0 Å². The van der Waals surface area contributed by atoms with E-state index in [0.29, 0.717) is 5.92 Å². The number of aromatic nitrogens is 3. The SMILES string of the molecule is CN(C(=O)C1CC1)c1ccccc1.CN1CCN(c2ccc(/C=C/c3n[nH]c4ccccc34)cn2)CC1. The van der Waals surface area contributed by atoms with Crippen LogP contribution in [0, 0.1) is 5.92 Å². The average molecular weight is 495 g/mol. The van der Waals surface area contributed by atoms with Crippen LogP contribution in [0.1, 0.15) is 24.1 Å². The van der Waals surface area contributed by atoms with Gasteiger partial charge in [0, 0.05) is 56.4 Å². The number of carbonyl (C=O) groups is 1. The average Bonchev–Trinajstić information content (AvgIpc) is 3.73. The number of likely N-dealkylation sites (N-methyl/N-ethyl adjacent to an activating group) is 1. The van der Waals surface area contributed by atoms with Gasteiger partial charge >= 0.3 is 0 Å². The van der Waals surface area contributed by atoms with Gasteiger partial charge in [0.1, 0.15) is 5.82 Å². The fourth-order valence-corrected chi connectivity index (χ4v) is 4.39. The number of para-hydroxylation sites is 2. The summed E-state index contributed by atoms with van der Waals surface area (Å²) in [6.07, 6.45) is 8.15. The van der Waals surface area contributed by atoms with Gasteiger partial charge in [-0.3, -0.25) is 9.89 Å². The molecule has 1 saturated carbocycles. The monoisotopic (exact) mass is 494 g/mol. The fraction of sp³-hybridized carbons (Fsp3) is 0.300. The van der Waals surface area contributed by atoms with Gasteiger partial charge < -0.3 is 14.7 Å². The summed E-state index contributed by atoms with van der Waals surface area (Å²) in [5, 5.41) is 8.55. The van der Waals surface area contributed by atoms with Crippen molar-refractivity contribution in [2.45, 2.75) is 12.8 Å². The number of piperazine rings is 1. The Kier molecular flexibility index (Phi) is 7.61. The number of nitrogens with one attached hydrogen (secondary N) is 1. The third kappa shape index (κ3) is 6.24. The van der Waals surface area contributed by atoms with Gasteiger partial charge in [0.25, 0.3) is 0 Å². The molecule has 2 fully saturated rings. The van der Waals surface area contributed by atoms with Gasteiger partial charge in [0.15, 0.2) is 0 Å². The molecule has 190 valence electrons. The summed E-state index contributed by atoms with van der Waals surface area (Å²) in [6, 6.07) is 22.1. The summed E-state index contributed by atoms with van der Waals surface area (Å²) >= 11 is 0. The van der Waals surface area contributed by atoms with E-state index in [2.05, 4.69) is 56.3 Å².